The van der Waals surface area contributed by atoms with Crippen molar-refractivity contribution in [1.29, 1.82) is 0 Å². The van der Waals surface area contributed by atoms with Crippen LogP contribution in [0.5, 0.6) is 0 Å². The molecule has 0 amide bonds. The molecule has 0 bridgehead atoms. The molecule has 2 unspecified atom stereocenters. The van der Waals surface area contributed by atoms with E-state index in [1.807, 2.05) is 0 Å². The maximum Gasteiger partial charge on any atom is 0.0164 e. The standard InChI is InChI=1S/C16H26N2/c1-3-14(15-7-5-4-6-8-15)12-17-13(2)11-18-16-9-10-16/h4-8,13-14,16-18H,3,9-12H2,1-2H3. The van der Waals surface area contributed by atoms with Crippen molar-refractivity contribution in [2.75, 3.05) is 13.1 Å². The predicted octanol–water partition coefficient (Wildman–Crippen LogP) is 2.91. The van der Waals surface area contributed by atoms with E-state index < -0.39 is 0 Å². The van der Waals surface area contributed by atoms with Gasteiger partial charge in [-0.2, -0.15) is 0 Å². The molecule has 1 aliphatic rings. The fourth-order valence-electron chi connectivity index (χ4n) is 2.27. The molecule has 0 radical (unpaired) electrons. The molecule has 18 heavy (non-hydrogen) atoms. The Balaban J connectivity index is 1.72. The van der Waals surface area contributed by atoms with Gasteiger partial charge >= 0.3 is 0 Å². The summed E-state index contributed by atoms with van der Waals surface area (Å²) in [6, 6.07) is 12.2. The average molecular weight is 246 g/mol. The highest BCUT2D eigenvalue weighted by Gasteiger charge is 2.20. The molecule has 1 aromatic rings. The van der Waals surface area contributed by atoms with Crippen LogP contribution in [-0.2, 0) is 0 Å². The highest BCUT2D eigenvalue weighted by Crippen LogP contribution is 2.19. The van der Waals surface area contributed by atoms with Gasteiger partial charge in [-0.1, -0.05) is 37.3 Å². The lowest BCUT2D eigenvalue weighted by Crippen LogP contribution is -2.39. The Kier molecular flexibility index (Phi) is 5.21. The Morgan fingerprint density at radius 2 is 1.89 bits per heavy atom. The molecule has 1 saturated carbocycles. The molecule has 2 heteroatoms. The average Bonchev–Trinajstić information content (AvgIpc) is 3.22. The van der Waals surface area contributed by atoms with Crippen molar-refractivity contribution in [2.24, 2.45) is 0 Å². The van der Waals surface area contributed by atoms with Crippen LogP contribution in [0, 0.1) is 0 Å². The van der Waals surface area contributed by atoms with Crippen molar-refractivity contribution in [3.8, 4) is 0 Å². The number of hydrogen-bond donors (Lipinski definition) is 2. The van der Waals surface area contributed by atoms with Crippen LogP contribution in [-0.4, -0.2) is 25.2 Å². The van der Waals surface area contributed by atoms with Crippen molar-refractivity contribution in [3.05, 3.63) is 35.9 Å². The molecule has 2 rings (SSSR count). The normalized spacial score (nSPS) is 18.6. The maximum atomic E-state index is 3.65. The van der Waals surface area contributed by atoms with E-state index in [9.17, 15) is 0 Å². The van der Waals surface area contributed by atoms with E-state index in [1.165, 1.54) is 24.8 Å². The van der Waals surface area contributed by atoms with Gasteiger partial charge in [-0.05, 0) is 37.7 Å². The fourth-order valence-corrected chi connectivity index (χ4v) is 2.27. The second-order valence-corrected chi connectivity index (χ2v) is 5.51. The molecule has 0 saturated heterocycles. The molecule has 2 nitrogen and oxygen atoms in total. The molecule has 0 spiro atoms. The molecule has 1 fully saturated rings. The summed E-state index contributed by atoms with van der Waals surface area (Å²) in [5, 5.41) is 7.23. The molecule has 1 aliphatic carbocycles. The van der Waals surface area contributed by atoms with Crippen LogP contribution in [0.15, 0.2) is 30.3 Å². The second kappa shape index (κ2) is 6.91. The summed E-state index contributed by atoms with van der Waals surface area (Å²) in [6.07, 6.45) is 3.93. The molecular formula is C16H26N2. The van der Waals surface area contributed by atoms with Gasteiger partial charge in [0.05, 0.1) is 0 Å². The molecule has 0 aliphatic heterocycles. The topological polar surface area (TPSA) is 24.1 Å². The lowest BCUT2D eigenvalue weighted by Gasteiger charge is -2.20. The quantitative estimate of drug-likeness (QED) is 0.737. The van der Waals surface area contributed by atoms with Crippen molar-refractivity contribution >= 4 is 0 Å². The minimum absolute atomic E-state index is 0.559. The van der Waals surface area contributed by atoms with Crippen LogP contribution in [0.2, 0.25) is 0 Å². The SMILES string of the molecule is CCC(CNC(C)CNC1CC1)c1ccccc1. The summed E-state index contributed by atoms with van der Waals surface area (Å²) in [6.45, 7) is 6.71. The van der Waals surface area contributed by atoms with E-state index in [0.717, 1.165) is 19.1 Å². The third-order valence-electron chi connectivity index (χ3n) is 3.77. The van der Waals surface area contributed by atoms with E-state index in [1.54, 1.807) is 0 Å². The van der Waals surface area contributed by atoms with Crippen molar-refractivity contribution < 1.29 is 0 Å². The molecule has 2 atom stereocenters. The Bertz CT molecular complexity index is 332. The summed E-state index contributed by atoms with van der Waals surface area (Å²) in [7, 11) is 0. The van der Waals surface area contributed by atoms with Gasteiger partial charge in [0.2, 0.25) is 0 Å². The maximum absolute atomic E-state index is 3.65. The van der Waals surface area contributed by atoms with Crippen molar-refractivity contribution in [3.63, 3.8) is 0 Å². The third kappa shape index (κ3) is 4.43. The van der Waals surface area contributed by atoms with E-state index >= 15 is 0 Å². The van der Waals surface area contributed by atoms with Crippen LogP contribution in [0.3, 0.4) is 0 Å². The van der Waals surface area contributed by atoms with Crippen LogP contribution in [0.25, 0.3) is 0 Å². The number of nitrogens with one attached hydrogen (secondary N) is 2. The largest absolute Gasteiger partial charge is 0.312 e. The van der Waals surface area contributed by atoms with Gasteiger partial charge in [0.1, 0.15) is 0 Å². The van der Waals surface area contributed by atoms with Crippen LogP contribution in [0.4, 0.5) is 0 Å². The van der Waals surface area contributed by atoms with E-state index in [2.05, 4.69) is 54.8 Å². The number of rotatable bonds is 8. The van der Waals surface area contributed by atoms with Crippen molar-refractivity contribution in [1.82, 2.24) is 10.6 Å². The fraction of sp³-hybridized carbons (Fsp3) is 0.625. The lowest BCUT2D eigenvalue weighted by atomic mass is 9.96. The molecule has 1 aromatic carbocycles. The summed E-state index contributed by atoms with van der Waals surface area (Å²) in [5.74, 6) is 0.634. The molecule has 0 heterocycles. The van der Waals surface area contributed by atoms with Crippen LogP contribution >= 0.6 is 0 Å². The van der Waals surface area contributed by atoms with Gasteiger partial charge in [-0.25, -0.2) is 0 Å². The van der Waals surface area contributed by atoms with Gasteiger partial charge in [0.15, 0.2) is 0 Å². The first-order chi connectivity index (χ1) is 8.79. The zero-order valence-corrected chi connectivity index (χ0v) is 11.7. The van der Waals surface area contributed by atoms with Gasteiger partial charge in [0, 0.05) is 25.2 Å². The summed E-state index contributed by atoms with van der Waals surface area (Å²) in [5.41, 5.74) is 1.45. The molecule has 0 aromatic heterocycles. The monoisotopic (exact) mass is 246 g/mol. The Morgan fingerprint density at radius 1 is 1.17 bits per heavy atom. The zero-order valence-electron chi connectivity index (χ0n) is 11.7. The third-order valence-corrected chi connectivity index (χ3v) is 3.77. The van der Waals surface area contributed by atoms with Crippen molar-refractivity contribution in [2.45, 2.75) is 51.1 Å². The van der Waals surface area contributed by atoms with Gasteiger partial charge in [0.25, 0.3) is 0 Å². The van der Waals surface area contributed by atoms with Crippen LogP contribution < -0.4 is 10.6 Å². The van der Waals surface area contributed by atoms with Crippen LogP contribution in [0.1, 0.15) is 44.6 Å². The minimum Gasteiger partial charge on any atom is -0.312 e. The predicted molar refractivity (Wildman–Crippen MR) is 78.0 cm³/mol. The van der Waals surface area contributed by atoms with Gasteiger partial charge < -0.3 is 10.6 Å². The zero-order chi connectivity index (χ0) is 12.8. The summed E-state index contributed by atoms with van der Waals surface area (Å²) in [4.78, 5) is 0. The second-order valence-electron chi connectivity index (χ2n) is 5.51. The molecular weight excluding hydrogens is 220 g/mol. The number of benzene rings is 1. The van der Waals surface area contributed by atoms with E-state index in [-0.39, 0.29) is 0 Å². The first-order valence-electron chi connectivity index (χ1n) is 7.31. The highest BCUT2D eigenvalue weighted by molar-refractivity contribution is 5.19. The van der Waals surface area contributed by atoms with Gasteiger partial charge in [-0.3, -0.25) is 0 Å². The molecule has 100 valence electrons. The Hall–Kier alpha value is -0.860. The Labute approximate surface area is 111 Å². The highest BCUT2D eigenvalue weighted by atomic mass is 15.0. The minimum atomic E-state index is 0.559. The van der Waals surface area contributed by atoms with E-state index in [4.69, 9.17) is 0 Å². The molecule has 2 N–H and O–H groups in total. The Morgan fingerprint density at radius 3 is 2.50 bits per heavy atom. The lowest BCUT2D eigenvalue weighted by molar-refractivity contribution is 0.469. The smallest absolute Gasteiger partial charge is 0.0164 e. The van der Waals surface area contributed by atoms with Gasteiger partial charge in [-0.15, -0.1) is 0 Å². The number of hydrogen-bond acceptors (Lipinski definition) is 2. The summed E-state index contributed by atoms with van der Waals surface area (Å²) >= 11 is 0. The summed E-state index contributed by atoms with van der Waals surface area (Å²) < 4.78 is 0. The first kappa shape index (κ1) is 13.6. The van der Waals surface area contributed by atoms with E-state index in [0.29, 0.717) is 12.0 Å². The first-order valence-corrected chi connectivity index (χ1v) is 7.31.